The maximum Gasteiger partial charge on any atom is 0.322 e. The van der Waals surface area contributed by atoms with Crippen molar-refractivity contribution in [2.24, 2.45) is 0 Å². The Morgan fingerprint density at radius 3 is 2.61 bits per heavy atom. The molecule has 5 nitrogen and oxygen atoms in total. The highest BCUT2D eigenvalue weighted by atomic mass is 32.2. The molecule has 0 aromatic heterocycles. The van der Waals surface area contributed by atoms with Crippen LogP contribution in [0.4, 0.5) is 0 Å². The van der Waals surface area contributed by atoms with E-state index in [1.165, 1.54) is 23.9 Å². The Bertz CT molecular complexity index is 529. The van der Waals surface area contributed by atoms with Gasteiger partial charge in [-0.3, -0.25) is 4.79 Å². The predicted octanol–water partition coefficient (Wildman–Crippen LogP) is 0.877. The maximum absolute atomic E-state index is 12.4. The fourth-order valence-corrected chi connectivity index (χ4v) is 4.65. The topological polar surface area (TPSA) is 74.7 Å². The first kappa shape index (κ1) is 13.4. The summed E-state index contributed by atoms with van der Waals surface area (Å²) in [4.78, 5) is 11.3. The summed E-state index contributed by atoms with van der Waals surface area (Å²) in [6.07, 6.45) is 0. The highest BCUT2D eigenvalue weighted by molar-refractivity contribution is 7.99. The van der Waals surface area contributed by atoms with Crippen LogP contribution in [0.3, 0.4) is 0 Å². The molecular weight excluding hydrogens is 274 g/mol. The Morgan fingerprint density at radius 1 is 1.33 bits per heavy atom. The second kappa shape index (κ2) is 5.29. The van der Waals surface area contributed by atoms with E-state index in [1.807, 2.05) is 0 Å². The van der Waals surface area contributed by atoms with Crippen molar-refractivity contribution in [1.29, 1.82) is 0 Å². The lowest BCUT2D eigenvalue weighted by atomic mass is 10.3. The van der Waals surface area contributed by atoms with Crippen LogP contribution in [0, 0.1) is 0 Å². The number of hydrogen-bond donors (Lipinski definition) is 1. The molecule has 1 aromatic carbocycles. The molecule has 0 radical (unpaired) electrons. The van der Waals surface area contributed by atoms with E-state index in [-0.39, 0.29) is 11.4 Å². The summed E-state index contributed by atoms with van der Waals surface area (Å²) in [5.74, 6) is -0.182. The molecule has 1 atom stereocenters. The lowest BCUT2D eigenvalue weighted by Gasteiger charge is -2.31. The van der Waals surface area contributed by atoms with Gasteiger partial charge in [-0.1, -0.05) is 18.2 Å². The van der Waals surface area contributed by atoms with Crippen LogP contribution in [0.5, 0.6) is 0 Å². The van der Waals surface area contributed by atoms with Gasteiger partial charge in [0.25, 0.3) is 0 Å². The highest BCUT2D eigenvalue weighted by Crippen LogP contribution is 2.24. The minimum Gasteiger partial charge on any atom is -0.480 e. The summed E-state index contributed by atoms with van der Waals surface area (Å²) in [6, 6.07) is 6.96. The average Bonchev–Trinajstić information content (AvgIpc) is 2.39. The number of rotatable bonds is 3. The SMILES string of the molecule is O=C(O)C1CSCCN1S(=O)(=O)c1ccccc1. The first-order chi connectivity index (χ1) is 8.53. The molecule has 98 valence electrons. The predicted molar refractivity (Wildman–Crippen MR) is 69.1 cm³/mol. The van der Waals surface area contributed by atoms with Gasteiger partial charge in [0, 0.05) is 18.1 Å². The number of hydrogen-bond acceptors (Lipinski definition) is 4. The summed E-state index contributed by atoms with van der Waals surface area (Å²) >= 11 is 1.46. The van der Waals surface area contributed by atoms with Crippen LogP contribution < -0.4 is 0 Å². The number of carbonyl (C=O) groups is 1. The van der Waals surface area contributed by atoms with Gasteiger partial charge in [-0.2, -0.15) is 16.1 Å². The van der Waals surface area contributed by atoms with Gasteiger partial charge in [0.15, 0.2) is 0 Å². The molecule has 0 amide bonds. The molecule has 0 spiro atoms. The van der Waals surface area contributed by atoms with Gasteiger partial charge < -0.3 is 5.11 Å². The molecule has 18 heavy (non-hydrogen) atoms. The molecule has 0 aliphatic carbocycles. The van der Waals surface area contributed by atoms with Gasteiger partial charge in [0.05, 0.1) is 4.90 Å². The van der Waals surface area contributed by atoms with Gasteiger partial charge in [-0.05, 0) is 12.1 Å². The van der Waals surface area contributed by atoms with Crippen molar-refractivity contribution in [3.63, 3.8) is 0 Å². The first-order valence-corrected chi connectivity index (χ1v) is 8.00. The lowest BCUT2D eigenvalue weighted by molar-refractivity contribution is -0.140. The van der Waals surface area contributed by atoms with E-state index >= 15 is 0 Å². The van der Waals surface area contributed by atoms with Crippen LogP contribution in [0.15, 0.2) is 35.2 Å². The Hall–Kier alpha value is -1.05. The summed E-state index contributed by atoms with van der Waals surface area (Å²) in [7, 11) is -3.72. The Balaban J connectivity index is 2.36. The number of sulfonamides is 1. The third-order valence-electron chi connectivity index (χ3n) is 2.71. The number of nitrogens with zero attached hydrogens (tertiary/aromatic N) is 1. The maximum atomic E-state index is 12.4. The van der Waals surface area contributed by atoms with E-state index in [2.05, 4.69) is 0 Å². The molecule has 1 aliphatic heterocycles. The number of benzene rings is 1. The largest absolute Gasteiger partial charge is 0.480 e. The van der Waals surface area contributed by atoms with Crippen LogP contribution in [0.1, 0.15) is 0 Å². The zero-order chi connectivity index (χ0) is 13.2. The number of carboxylic acid groups (broad SMARTS) is 1. The van der Waals surface area contributed by atoms with Crippen LogP contribution in [0.2, 0.25) is 0 Å². The Kier molecular flexibility index (Phi) is 3.94. The molecule has 1 aromatic rings. The van der Waals surface area contributed by atoms with Crippen molar-refractivity contribution in [2.45, 2.75) is 10.9 Å². The van der Waals surface area contributed by atoms with Crippen molar-refractivity contribution in [3.8, 4) is 0 Å². The van der Waals surface area contributed by atoms with Crippen LogP contribution in [0.25, 0.3) is 0 Å². The zero-order valence-corrected chi connectivity index (χ0v) is 11.2. The molecule has 1 N–H and O–H groups in total. The molecular formula is C11H13NO4S2. The molecule has 0 bridgehead atoms. The van der Waals surface area contributed by atoms with Gasteiger partial charge >= 0.3 is 5.97 Å². The number of thioether (sulfide) groups is 1. The molecule has 1 saturated heterocycles. The van der Waals surface area contributed by atoms with Gasteiger partial charge in [0.2, 0.25) is 10.0 Å². The molecule has 1 fully saturated rings. The van der Waals surface area contributed by atoms with E-state index in [9.17, 15) is 13.2 Å². The van der Waals surface area contributed by atoms with E-state index in [0.29, 0.717) is 11.5 Å². The fraction of sp³-hybridized carbons (Fsp3) is 0.364. The minimum absolute atomic E-state index is 0.142. The summed E-state index contributed by atoms with van der Waals surface area (Å²) in [5.41, 5.74) is 0. The second-order valence-electron chi connectivity index (χ2n) is 3.86. The third-order valence-corrected chi connectivity index (χ3v) is 5.66. The van der Waals surface area contributed by atoms with Crippen LogP contribution in [-0.4, -0.2) is 47.9 Å². The Morgan fingerprint density at radius 2 is 2.00 bits per heavy atom. The van der Waals surface area contributed by atoms with Gasteiger partial charge in [-0.25, -0.2) is 8.42 Å². The molecule has 0 saturated carbocycles. The molecule has 1 heterocycles. The smallest absolute Gasteiger partial charge is 0.322 e. The van der Waals surface area contributed by atoms with Crippen LogP contribution >= 0.6 is 11.8 Å². The normalized spacial score (nSPS) is 21.7. The van der Waals surface area contributed by atoms with Crippen molar-refractivity contribution in [1.82, 2.24) is 4.31 Å². The summed E-state index contributed by atoms with van der Waals surface area (Å²) < 4.78 is 25.8. The minimum atomic E-state index is -3.72. The van der Waals surface area contributed by atoms with Crippen molar-refractivity contribution in [2.75, 3.05) is 18.1 Å². The third kappa shape index (κ3) is 2.52. The quantitative estimate of drug-likeness (QED) is 0.893. The standard InChI is InChI=1S/C11H13NO4S2/c13-11(14)10-8-17-7-6-12(10)18(15,16)9-4-2-1-3-5-9/h1-5,10H,6-8H2,(H,13,14). The molecule has 2 rings (SSSR count). The van der Waals surface area contributed by atoms with Crippen molar-refractivity contribution >= 4 is 27.8 Å². The van der Waals surface area contributed by atoms with E-state index in [4.69, 9.17) is 5.11 Å². The van der Waals surface area contributed by atoms with Gasteiger partial charge in [-0.15, -0.1) is 0 Å². The van der Waals surface area contributed by atoms with Crippen molar-refractivity contribution in [3.05, 3.63) is 30.3 Å². The monoisotopic (exact) mass is 287 g/mol. The van der Waals surface area contributed by atoms with E-state index < -0.39 is 22.0 Å². The summed E-state index contributed by atoms with van der Waals surface area (Å²) in [5, 5.41) is 9.10. The Labute approximate surface area is 110 Å². The highest BCUT2D eigenvalue weighted by Gasteiger charge is 2.37. The molecule has 7 heteroatoms. The van der Waals surface area contributed by atoms with E-state index in [1.54, 1.807) is 18.2 Å². The summed E-state index contributed by atoms with van der Waals surface area (Å²) in [6.45, 7) is 0.235. The van der Waals surface area contributed by atoms with E-state index in [0.717, 1.165) is 4.31 Å². The fourth-order valence-electron chi connectivity index (χ4n) is 1.80. The second-order valence-corrected chi connectivity index (χ2v) is 6.90. The van der Waals surface area contributed by atoms with Crippen molar-refractivity contribution < 1.29 is 18.3 Å². The number of aliphatic carboxylic acids is 1. The zero-order valence-electron chi connectivity index (χ0n) is 9.52. The molecule has 1 aliphatic rings. The molecule has 1 unspecified atom stereocenters. The lowest BCUT2D eigenvalue weighted by Crippen LogP contribution is -2.50. The average molecular weight is 287 g/mol. The first-order valence-electron chi connectivity index (χ1n) is 5.41. The van der Waals surface area contributed by atoms with Crippen LogP contribution in [-0.2, 0) is 14.8 Å². The number of carboxylic acids is 1. The van der Waals surface area contributed by atoms with Gasteiger partial charge in [0.1, 0.15) is 6.04 Å².